The third-order valence-corrected chi connectivity index (χ3v) is 5.74. The molecule has 0 aliphatic heterocycles. The van der Waals surface area contributed by atoms with Gasteiger partial charge in [-0.15, -0.1) is 10.2 Å². The van der Waals surface area contributed by atoms with Crippen molar-refractivity contribution in [3.63, 3.8) is 0 Å². The van der Waals surface area contributed by atoms with Crippen LogP contribution in [-0.4, -0.2) is 31.3 Å². The zero-order valence-electron chi connectivity index (χ0n) is 16.0. The fourth-order valence-electron chi connectivity index (χ4n) is 3.31. The molecule has 0 fully saturated rings. The standard InChI is InChI=1S/C22H22N4OS/c1-15-8-3-6-12-20(15)26-21(18-14-23-19-11-5-4-10-17(18)19)24-25-22(26)28-13-7-9-16(2)27/h3-6,8,10-12,14,23H,7,9,13H2,1-2H3. The molecule has 2 aromatic heterocycles. The van der Waals surface area contributed by atoms with E-state index in [1.165, 1.54) is 0 Å². The fraction of sp³-hybridized carbons (Fsp3) is 0.227. The molecular weight excluding hydrogens is 368 g/mol. The summed E-state index contributed by atoms with van der Waals surface area (Å²) >= 11 is 1.64. The Morgan fingerprint density at radius 1 is 1.11 bits per heavy atom. The van der Waals surface area contributed by atoms with Gasteiger partial charge in [0.2, 0.25) is 0 Å². The molecular formula is C22H22N4OS. The molecule has 142 valence electrons. The van der Waals surface area contributed by atoms with E-state index in [4.69, 9.17) is 0 Å². The largest absolute Gasteiger partial charge is 0.360 e. The molecule has 0 saturated heterocycles. The van der Waals surface area contributed by atoms with Crippen LogP contribution in [0, 0.1) is 6.92 Å². The number of H-pyrrole nitrogens is 1. The second-order valence-corrected chi connectivity index (χ2v) is 7.89. The number of nitrogens with zero attached hydrogens (tertiary/aromatic N) is 3. The third-order valence-electron chi connectivity index (χ3n) is 4.72. The lowest BCUT2D eigenvalue weighted by molar-refractivity contribution is -0.117. The lowest BCUT2D eigenvalue weighted by Crippen LogP contribution is -2.02. The second-order valence-electron chi connectivity index (χ2n) is 6.83. The zero-order chi connectivity index (χ0) is 19.5. The van der Waals surface area contributed by atoms with E-state index < -0.39 is 0 Å². The Balaban J connectivity index is 1.79. The van der Waals surface area contributed by atoms with Gasteiger partial charge in [-0.1, -0.05) is 48.2 Å². The SMILES string of the molecule is CC(=O)CCCSc1nnc(-c2c[nH]c3ccccc23)n1-c1ccccc1C. The highest BCUT2D eigenvalue weighted by atomic mass is 32.2. The van der Waals surface area contributed by atoms with E-state index in [-0.39, 0.29) is 5.78 Å². The average Bonchev–Trinajstić information content (AvgIpc) is 3.29. The Morgan fingerprint density at radius 2 is 1.89 bits per heavy atom. The van der Waals surface area contributed by atoms with Crippen LogP contribution in [0.25, 0.3) is 28.0 Å². The van der Waals surface area contributed by atoms with E-state index in [0.717, 1.165) is 50.9 Å². The maximum Gasteiger partial charge on any atom is 0.196 e. The van der Waals surface area contributed by atoms with Gasteiger partial charge in [0, 0.05) is 34.8 Å². The number of nitrogens with one attached hydrogen (secondary N) is 1. The quantitative estimate of drug-likeness (QED) is 0.349. The molecule has 1 N–H and O–H groups in total. The monoisotopic (exact) mass is 390 g/mol. The summed E-state index contributed by atoms with van der Waals surface area (Å²) < 4.78 is 2.13. The van der Waals surface area contributed by atoms with Crippen molar-refractivity contribution in [2.24, 2.45) is 0 Å². The first kappa shape index (κ1) is 18.5. The molecule has 0 amide bonds. The second kappa shape index (κ2) is 8.02. The van der Waals surface area contributed by atoms with E-state index in [9.17, 15) is 4.79 Å². The molecule has 0 bridgehead atoms. The third kappa shape index (κ3) is 3.60. The van der Waals surface area contributed by atoms with Gasteiger partial charge in [-0.3, -0.25) is 4.57 Å². The zero-order valence-corrected chi connectivity index (χ0v) is 16.8. The number of fused-ring (bicyclic) bond motifs is 1. The Bertz CT molecular complexity index is 1130. The number of carbonyl (C=O) groups is 1. The fourth-order valence-corrected chi connectivity index (χ4v) is 4.19. The van der Waals surface area contributed by atoms with Gasteiger partial charge in [0.1, 0.15) is 5.78 Å². The minimum Gasteiger partial charge on any atom is -0.360 e. The van der Waals surface area contributed by atoms with Crippen molar-refractivity contribution in [2.45, 2.75) is 31.8 Å². The van der Waals surface area contributed by atoms with Crippen molar-refractivity contribution in [3.05, 3.63) is 60.3 Å². The van der Waals surface area contributed by atoms with E-state index in [0.29, 0.717) is 6.42 Å². The summed E-state index contributed by atoms with van der Waals surface area (Å²) in [5.74, 6) is 1.87. The van der Waals surface area contributed by atoms with Crippen molar-refractivity contribution in [1.82, 2.24) is 19.7 Å². The predicted octanol–water partition coefficient (Wildman–Crippen LogP) is 5.19. The molecule has 4 rings (SSSR count). The molecule has 0 spiro atoms. The van der Waals surface area contributed by atoms with Crippen LogP contribution in [-0.2, 0) is 4.79 Å². The first-order valence-corrected chi connectivity index (χ1v) is 10.3. The van der Waals surface area contributed by atoms with Crippen LogP contribution in [0.15, 0.2) is 59.9 Å². The maximum atomic E-state index is 11.2. The molecule has 0 atom stereocenters. The molecule has 2 heterocycles. The van der Waals surface area contributed by atoms with Gasteiger partial charge < -0.3 is 9.78 Å². The summed E-state index contributed by atoms with van der Waals surface area (Å²) in [6, 6.07) is 16.5. The number of hydrogen-bond donors (Lipinski definition) is 1. The van der Waals surface area contributed by atoms with Crippen LogP contribution in [0.2, 0.25) is 0 Å². The normalized spacial score (nSPS) is 11.2. The molecule has 0 saturated carbocycles. The lowest BCUT2D eigenvalue weighted by atomic mass is 10.1. The van der Waals surface area contributed by atoms with Crippen LogP contribution >= 0.6 is 11.8 Å². The number of thioether (sulfide) groups is 1. The van der Waals surface area contributed by atoms with Gasteiger partial charge in [-0.2, -0.15) is 0 Å². The van der Waals surface area contributed by atoms with Gasteiger partial charge in [0.05, 0.1) is 5.69 Å². The highest BCUT2D eigenvalue weighted by Gasteiger charge is 2.19. The first-order chi connectivity index (χ1) is 13.6. The van der Waals surface area contributed by atoms with Gasteiger partial charge in [0.15, 0.2) is 11.0 Å². The van der Waals surface area contributed by atoms with Crippen LogP contribution < -0.4 is 0 Å². The number of hydrogen-bond acceptors (Lipinski definition) is 4. The van der Waals surface area contributed by atoms with E-state index in [2.05, 4.69) is 50.9 Å². The number of carbonyl (C=O) groups excluding carboxylic acids is 1. The Kier molecular flexibility index (Phi) is 5.30. The minimum atomic E-state index is 0.223. The van der Waals surface area contributed by atoms with Gasteiger partial charge in [-0.05, 0) is 38.0 Å². The Labute approximate surface area is 168 Å². The number of Topliss-reactive ketones (excluding diaryl/α,β-unsaturated/α-hetero) is 1. The number of benzene rings is 2. The molecule has 0 unspecified atom stereocenters. The molecule has 0 radical (unpaired) electrons. The lowest BCUT2D eigenvalue weighted by Gasteiger charge is -2.12. The molecule has 6 heteroatoms. The summed E-state index contributed by atoms with van der Waals surface area (Å²) in [6.07, 6.45) is 3.43. The van der Waals surface area contributed by atoms with Crippen molar-refractivity contribution in [3.8, 4) is 17.1 Å². The summed E-state index contributed by atoms with van der Waals surface area (Å²) in [7, 11) is 0. The molecule has 28 heavy (non-hydrogen) atoms. The molecule has 5 nitrogen and oxygen atoms in total. The van der Waals surface area contributed by atoms with Crippen LogP contribution in [0.1, 0.15) is 25.3 Å². The molecule has 0 aliphatic carbocycles. The summed E-state index contributed by atoms with van der Waals surface area (Å²) in [6.45, 7) is 3.73. The number of ketones is 1. The van der Waals surface area contributed by atoms with Crippen molar-refractivity contribution < 1.29 is 4.79 Å². The van der Waals surface area contributed by atoms with Crippen molar-refractivity contribution in [2.75, 3.05) is 5.75 Å². The highest BCUT2D eigenvalue weighted by molar-refractivity contribution is 7.99. The number of aryl methyl sites for hydroxylation is 1. The van der Waals surface area contributed by atoms with Crippen LogP contribution in [0.5, 0.6) is 0 Å². The summed E-state index contributed by atoms with van der Waals surface area (Å²) in [5.41, 5.74) is 4.34. The average molecular weight is 391 g/mol. The number of rotatable bonds is 7. The molecule has 2 aromatic carbocycles. The summed E-state index contributed by atoms with van der Waals surface area (Å²) in [4.78, 5) is 14.6. The van der Waals surface area contributed by atoms with Crippen molar-refractivity contribution >= 4 is 28.4 Å². The van der Waals surface area contributed by atoms with Crippen molar-refractivity contribution in [1.29, 1.82) is 0 Å². The summed E-state index contributed by atoms with van der Waals surface area (Å²) in [5, 5.41) is 11.0. The predicted molar refractivity (Wildman–Crippen MR) is 114 cm³/mol. The maximum absolute atomic E-state index is 11.2. The van der Waals surface area contributed by atoms with E-state index >= 15 is 0 Å². The molecule has 4 aromatic rings. The number of aromatic nitrogens is 4. The van der Waals surface area contributed by atoms with Crippen LogP contribution in [0.4, 0.5) is 0 Å². The Morgan fingerprint density at radius 3 is 2.71 bits per heavy atom. The topological polar surface area (TPSA) is 63.6 Å². The van der Waals surface area contributed by atoms with E-state index in [1.807, 2.05) is 30.5 Å². The van der Waals surface area contributed by atoms with Gasteiger partial charge in [-0.25, -0.2) is 0 Å². The number of para-hydroxylation sites is 2. The van der Waals surface area contributed by atoms with Gasteiger partial charge >= 0.3 is 0 Å². The smallest absolute Gasteiger partial charge is 0.196 e. The molecule has 0 aliphatic rings. The number of aromatic amines is 1. The van der Waals surface area contributed by atoms with E-state index in [1.54, 1.807) is 18.7 Å². The van der Waals surface area contributed by atoms with Crippen LogP contribution in [0.3, 0.4) is 0 Å². The van der Waals surface area contributed by atoms with Gasteiger partial charge in [0.25, 0.3) is 0 Å². The highest BCUT2D eigenvalue weighted by Crippen LogP contribution is 2.33. The first-order valence-electron chi connectivity index (χ1n) is 9.35. The Hall–Kier alpha value is -2.86. The minimum absolute atomic E-state index is 0.223.